The van der Waals surface area contributed by atoms with Gasteiger partial charge in [0.15, 0.2) is 11.8 Å². The van der Waals surface area contributed by atoms with Gasteiger partial charge in [0.2, 0.25) is 0 Å². The van der Waals surface area contributed by atoms with E-state index in [1.165, 1.54) is 30.3 Å². The van der Waals surface area contributed by atoms with Crippen molar-refractivity contribution >= 4 is 28.5 Å². The number of fused-ring (bicyclic) bond motifs is 1. The van der Waals surface area contributed by atoms with Crippen molar-refractivity contribution in [3.63, 3.8) is 0 Å². The van der Waals surface area contributed by atoms with Gasteiger partial charge in [-0.05, 0) is 42.8 Å². The van der Waals surface area contributed by atoms with Crippen LogP contribution in [0.15, 0.2) is 35.3 Å². The second-order valence-corrected chi connectivity index (χ2v) is 4.98. The van der Waals surface area contributed by atoms with Crippen molar-refractivity contribution in [3.05, 3.63) is 53.1 Å². The van der Waals surface area contributed by atoms with Crippen molar-refractivity contribution in [1.29, 1.82) is 0 Å². The van der Waals surface area contributed by atoms with E-state index in [2.05, 4.69) is 15.0 Å². The molecule has 2 aromatic carbocycles. The summed E-state index contributed by atoms with van der Waals surface area (Å²) in [5, 5.41) is 9.38. The third-order valence-corrected chi connectivity index (χ3v) is 3.31. The lowest BCUT2D eigenvalue weighted by Crippen LogP contribution is -2.20. The highest BCUT2D eigenvalue weighted by molar-refractivity contribution is 6.08. The van der Waals surface area contributed by atoms with E-state index in [0.717, 1.165) is 0 Å². The van der Waals surface area contributed by atoms with E-state index >= 15 is 0 Å². The molecule has 0 bridgehead atoms. The molecule has 0 spiro atoms. The topological polar surface area (TPSA) is 99.3 Å². The van der Waals surface area contributed by atoms with E-state index in [0.29, 0.717) is 22.3 Å². The molecule has 0 atom stereocenters. The van der Waals surface area contributed by atoms with Crippen LogP contribution >= 0.6 is 0 Å². The van der Waals surface area contributed by atoms with E-state index in [4.69, 9.17) is 5.73 Å². The molecule has 118 valence electrons. The third kappa shape index (κ3) is 2.84. The van der Waals surface area contributed by atoms with Crippen LogP contribution in [-0.4, -0.2) is 21.0 Å². The number of nitrogen functional groups attached to an aromatic ring is 1. The summed E-state index contributed by atoms with van der Waals surface area (Å²) in [6.45, 7) is 1.59. The van der Waals surface area contributed by atoms with Crippen molar-refractivity contribution in [1.82, 2.24) is 15.4 Å². The number of anilines is 1. The van der Waals surface area contributed by atoms with Gasteiger partial charge in [0, 0.05) is 5.56 Å². The Morgan fingerprint density at radius 2 is 2.09 bits per heavy atom. The first-order valence-electron chi connectivity index (χ1n) is 6.68. The van der Waals surface area contributed by atoms with Crippen LogP contribution in [-0.2, 0) is 0 Å². The predicted molar refractivity (Wildman–Crippen MR) is 82.7 cm³/mol. The average molecular weight is 317 g/mol. The van der Waals surface area contributed by atoms with Gasteiger partial charge >= 0.3 is 0 Å². The molecule has 0 aliphatic heterocycles. The quantitative estimate of drug-likeness (QED) is 0.332. The third-order valence-electron chi connectivity index (χ3n) is 3.31. The Balaban J connectivity index is 2.17. The Morgan fingerprint density at radius 1 is 1.30 bits per heavy atom. The number of H-pyrrole nitrogens is 1. The molecule has 0 radical (unpaired) electrons. The number of aromatic amines is 1. The number of halogens is 2. The Hall–Kier alpha value is -3.00. The molecule has 0 saturated carbocycles. The van der Waals surface area contributed by atoms with Crippen LogP contribution in [0.1, 0.15) is 11.1 Å². The first-order valence-corrected chi connectivity index (χ1v) is 6.68. The van der Waals surface area contributed by atoms with Gasteiger partial charge in [-0.1, -0.05) is 0 Å². The summed E-state index contributed by atoms with van der Waals surface area (Å²) in [5.41, 5.74) is 9.24. The number of amidine groups is 1. The monoisotopic (exact) mass is 317 g/mol. The van der Waals surface area contributed by atoms with Gasteiger partial charge < -0.3 is 10.7 Å². The van der Waals surface area contributed by atoms with Crippen molar-refractivity contribution in [3.8, 4) is 0 Å². The second-order valence-electron chi connectivity index (χ2n) is 4.98. The SMILES string of the molecule is Cc1cc(N=C(NO)c2cc(F)cc3[nH]c(N)nc23)ccc1F. The van der Waals surface area contributed by atoms with Gasteiger partial charge in [0.1, 0.15) is 17.2 Å². The average Bonchev–Trinajstić information content (AvgIpc) is 2.87. The van der Waals surface area contributed by atoms with Crippen LogP contribution in [0.5, 0.6) is 0 Å². The number of nitrogens with one attached hydrogen (secondary N) is 2. The molecular formula is C15H13F2N5O. The molecule has 8 heteroatoms. The molecule has 1 heterocycles. The van der Waals surface area contributed by atoms with Crippen molar-refractivity contribution in [2.75, 3.05) is 5.73 Å². The number of benzene rings is 2. The molecule has 0 saturated heterocycles. The Labute approximate surface area is 129 Å². The highest BCUT2D eigenvalue weighted by Gasteiger charge is 2.14. The molecular weight excluding hydrogens is 304 g/mol. The van der Waals surface area contributed by atoms with Gasteiger partial charge in [-0.15, -0.1) is 0 Å². The lowest BCUT2D eigenvalue weighted by Gasteiger charge is -2.07. The Bertz CT molecular complexity index is 920. The molecule has 0 unspecified atom stereocenters. The fourth-order valence-electron chi connectivity index (χ4n) is 2.25. The predicted octanol–water partition coefficient (Wildman–Crippen LogP) is 2.79. The lowest BCUT2D eigenvalue weighted by atomic mass is 10.1. The highest BCUT2D eigenvalue weighted by atomic mass is 19.1. The first-order chi connectivity index (χ1) is 11.0. The maximum atomic E-state index is 13.8. The number of aliphatic imine (C=N–C) groups is 1. The molecule has 0 aliphatic rings. The fourth-order valence-corrected chi connectivity index (χ4v) is 2.25. The van der Waals surface area contributed by atoms with Crippen LogP contribution < -0.4 is 11.2 Å². The summed E-state index contributed by atoms with van der Waals surface area (Å²) in [7, 11) is 0. The number of hydrogen-bond acceptors (Lipinski definition) is 4. The normalized spacial score (nSPS) is 11.9. The molecule has 23 heavy (non-hydrogen) atoms. The zero-order chi connectivity index (χ0) is 16.6. The van der Waals surface area contributed by atoms with Crippen molar-refractivity contribution in [2.45, 2.75) is 6.92 Å². The number of hydrogen-bond donors (Lipinski definition) is 4. The molecule has 0 fully saturated rings. The number of aromatic nitrogens is 2. The maximum Gasteiger partial charge on any atom is 0.198 e. The summed E-state index contributed by atoms with van der Waals surface area (Å²) >= 11 is 0. The second kappa shape index (κ2) is 5.65. The molecule has 3 rings (SSSR count). The van der Waals surface area contributed by atoms with Gasteiger partial charge in [0.05, 0.1) is 11.2 Å². The van der Waals surface area contributed by atoms with Crippen LogP contribution in [0, 0.1) is 18.6 Å². The van der Waals surface area contributed by atoms with Gasteiger partial charge in [-0.25, -0.2) is 18.8 Å². The fraction of sp³-hybridized carbons (Fsp3) is 0.0667. The van der Waals surface area contributed by atoms with Crippen LogP contribution in [0.4, 0.5) is 20.4 Å². The summed E-state index contributed by atoms with van der Waals surface area (Å²) < 4.78 is 27.1. The molecule has 3 aromatic rings. The van der Waals surface area contributed by atoms with Crippen LogP contribution in [0.25, 0.3) is 11.0 Å². The minimum absolute atomic E-state index is 0.0352. The standard InChI is InChI=1S/C15H13F2N5O/c1-7-4-9(2-3-11(7)17)19-14(22-23)10-5-8(16)6-12-13(10)21-15(18)20-12/h2-6,23H,1H3,(H,19,22)(H3,18,20,21). The summed E-state index contributed by atoms with van der Waals surface area (Å²) in [6.07, 6.45) is 0. The highest BCUT2D eigenvalue weighted by Crippen LogP contribution is 2.22. The van der Waals surface area contributed by atoms with Crippen LogP contribution in [0.2, 0.25) is 0 Å². The number of rotatable bonds is 2. The summed E-state index contributed by atoms with van der Waals surface area (Å²) in [6, 6.07) is 6.61. The zero-order valence-corrected chi connectivity index (χ0v) is 12.1. The Morgan fingerprint density at radius 3 is 2.78 bits per heavy atom. The lowest BCUT2D eigenvalue weighted by molar-refractivity contribution is 0.235. The number of nitrogens with zero attached hydrogens (tertiary/aromatic N) is 2. The summed E-state index contributed by atoms with van der Waals surface area (Å²) in [4.78, 5) is 10.9. The number of aryl methyl sites for hydroxylation is 1. The smallest absolute Gasteiger partial charge is 0.198 e. The molecule has 5 N–H and O–H groups in total. The van der Waals surface area contributed by atoms with Crippen LogP contribution in [0.3, 0.4) is 0 Å². The van der Waals surface area contributed by atoms with Crippen molar-refractivity contribution in [2.24, 2.45) is 4.99 Å². The van der Waals surface area contributed by atoms with Gasteiger partial charge in [-0.2, -0.15) is 0 Å². The number of imidazole rings is 1. The Kier molecular flexibility index (Phi) is 3.67. The van der Waals surface area contributed by atoms with E-state index in [9.17, 15) is 14.0 Å². The van der Waals surface area contributed by atoms with Crippen molar-refractivity contribution < 1.29 is 14.0 Å². The minimum atomic E-state index is -0.547. The minimum Gasteiger partial charge on any atom is -0.369 e. The molecule has 0 aliphatic carbocycles. The number of hydroxylamine groups is 1. The van der Waals surface area contributed by atoms with Gasteiger partial charge in [0.25, 0.3) is 0 Å². The van der Waals surface area contributed by atoms with E-state index in [1.807, 2.05) is 5.48 Å². The first kappa shape index (κ1) is 14.9. The van der Waals surface area contributed by atoms with E-state index in [-0.39, 0.29) is 23.2 Å². The van der Waals surface area contributed by atoms with Gasteiger partial charge in [-0.3, -0.25) is 10.7 Å². The molecule has 6 nitrogen and oxygen atoms in total. The van der Waals surface area contributed by atoms with E-state index < -0.39 is 5.82 Å². The van der Waals surface area contributed by atoms with E-state index in [1.54, 1.807) is 6.92 Å². The molecule has 1 aromatic heterocycles. The molecule has 0 amide bonds. The zero-order valence-electron chi connectivity index (χ0n) is 12.1. The largest absolute Gasteiger partial charge is 0.369 e. The number of nitrogens with two attached hydrogens (primary N) is 1. The maximum absolute atomic E-state index is 13.8. The summed E-state index contributed by atoms with van der Waals surface area (Å²) in [5.74, 6) is -0.834.